The first-order chi connectivity index (χ1) is 16.1. The van der Waals surface area contributed by atoms with Crippen molar-refractivity contribution in [3.63, 3.8) is 0 Å². The molecular weight excluding hydrogens is 428 g/mol. The second kappa shape index (κ2) is 10.5. The third-order valence-corrected chi connectivity index (χ3v) is 5.44. The lowest BCUT2D eigenvalue weighted by molar-refractivity contribution is -0.116. The number of rotatable bonds is 8. The van der Waals surface area contributed by atoms with Crippen LogP contribution in [0, 0.1) is 6.92 Å². The largest absolute Gasteiger partial charge is 0.496 e. The first-order valence-electron chi connectivity index (χ1n) is 11.5. The van der Waals surface area contributed by atoms with Crippen LogP contribution in [0.15, 0.2) is 54.6 Å². The Morgan fingerprint density at radius 3 is 2.47 bits per heavy atom. The number of amides is 2. The molecule has 180 valence electrons. The fourth-order valence-corrected chi connectivity index (χ4v) is 3.66. The van der Waals surface area contributed by atoms with E-state index in [-0.39, 0.29) is 23.8 Å². The van der Waals surface area contributed by atoms with E-state index in [2.05, 4.69) is 26.1 Å². The third kappa shape index (κ3) is 5.84. The second-order valence-corrected chi connectivity index (χ2v) is 9.39. The number of carbonyl (C=O) groups is 2. The van der Waals surface area contributed by atoms with Gasteiger partial charge < -0.3 is 15.0 Å². The Morgan fingerprint density at radius 2 is 1.82 bits per heavy atom. The predicted octanol–water partition coefficient (Wildman–Crippen LogP) is 4.98. The molecule has 7 heteroatoms. The Hall–Kier alpha value is -3.61. The van der Waals surface area contributed by atoms with Crippen LogP contribution < -0.4 is 10.1 Å². The van der Waals surface area contributed by atoms with E-state index >= 15 is 0 Å². The zero-order chi connectivity index (χ0) is 24.9. The van der Waals surface area contributed by atoms with Crippen LogP contribution in [0.2, 0.25) is 0 Å². The van der Waals surface area contributed by atoms with Crippen molar-refractivity contribution in [3.8, 4) is 11.4 Å². The van der Waals surface area contributed by atoms with E-state index < -0.39 is 0 Å². The fourth-order valence-electron chi connectivity index (χ4n) is 3.66. The molecule has 34 heavy (non-hydrogen) atoms. The van der Waals surface area contributed by atoms with Crippen molar-refractivity contribution in [1.29, 1.82) is 0 Å². The normalized spacial score (nSPS) is 11.2. The molecule has 3 aromatic rings. The number of hydrogen-bond acceptors (Lipinski definition) is 4. The molecule has 0 spiro atoms. The van der Waals surface area contributed by atoms with Gasteiger partial charge in [0.15, 0.2) is 0 Å². The molecule has 0 fully saturated rings. The van der Waals surface area contributed by atoms with Crippen LogP contribution in [0.1, 0.15) is 55.7 Å². The van der Waals surface area contributed by atoms with Crippen LogP contribution >= 0.6 is 0 Å². The standard InChI is InChI=1S/C27H34N4O3/c1-7-15-30(26(33)21-13-8-9-14-22(21)34-6)18-25(32)28-24-17-23(27(3,4)5)29-31(24)20-12-10-11-19(2)16-20/h8-14,16-17H,7,15,18H2,1-6H3,(H,28,32). The number of ether oxygens (including phenoxy) is 1. The monoisotopic (exact) mass is 462 g/mol. The molecule has 0 aliphatic carbocycles. The summed E-state index contributed by atoms with van der Waals surface area (Å²) in [5.41, 5.74) is 3.06. The van der Waals surface area contributed by atoms with E-state index in [4.69, 9.17) is 9.84 Å². The van der Waals surface area contributed by atoms with Gasteiger partial charge in [-0.2, -0.15) is 5.10 Å². The quantitative estimate of drug-likeness (QED) is 0.512. The van der Waals surface area contributed by atoms with Crippen LogP contribution in [0.4, 0.5) is 5.82 Å². The number of carbonyl (C=O) groups excluding carboxylic acids is 2. The van der Waals surface area contributed by atoms with E-state index in [0.29, 0.717) is 23.7 Å². The highest BCUT2D eigenvalue weighted by Gasteiger charge is 2.24. The molecule has 0 radical (unpaired) electrons. The van der Waals surface area contributed by atoms with Crippen molar-refractivity contribution in [3.05, 3.63) is 71.4 Å². The molecule has 0 saturated carbocycles. The lowest BCUT2D eigenvalue weighted by Gasteiger charge is -2.22. The Kier molecular flexibility index (Phi) is 7.76. The SMILES string of the molecule is CCCN(CC(=O)Nc1cc(C(C)(C)C)nn1-c1cccc(C)c1)C(=O)c1ccccc1OC. The number of nitrogens with one attached hydrogen (secondary N) is 1. The van der Waals surface area contributed by atoms with Crippen molar-refractivity contribution < 1.29 is 14.3 Å². The van der Waals surface area contributed by atoms with Crippen LogP contribution in [-0.4, -0.2) is 46.7 Å². The number of nitrogens with zero attached hydrogens (tertiary/aromatic N) is 3. The smallest absolute Gasteiger partial charge is 0.258 e. The summed E-state index contributed by atoms with van der Waals surface area (Å²) in [6, 6.07) is 16.9. The molecule has 7 nitrogen and oxygen atoms in total. The van der Waals surface area contributed by atoms with Gasteiger partial charge in [-0.25, -0.2) is 4.68 Å². The molecule has 1 aromatic heterocycles. The van der Waals surface area contributed by atoms with Crippen molar-refractivity contribution in [2.24, 2.45) is 0 Å². The van der Waals surface area contributed by atoms with Crippen LogP contribution in [0.5, 0.6) is 5.75 Å². The van der Waals surface area contributed by atoms with Gasteiger partial charge >= 0.3 is 0 Å². The summed E-state index contributed by atoms with van der Waals surface area (Å²) in [4.78, 5) is 27.9. The van der Waals surface area contributed by atoms with Gasteiger partial charge in [0, 0.05) is 18.0 Å². The van der Waals surface area contributed by atoms with E-state index in [9.17, 15) is 9.59 Å². The molecule has 2 aromatic carbocycles. The maximum absolute atomic E-state index is 13.2. The van der Waals surface area contributed by atoms with E-state index in [1.54, 1.807) is 27.8 Å². The number of hydrogen-bond donors (Lipinski definition) is 1. The number of benzene rings is 2. The number of anilines is 1. The highest BCUT2D eigenvalue weighted by atomic mass is 16.5. The summed E-state index contributed by atoms with van der Waals surface area (Å²) in [7, 11) is 1.53. The summed E-state index contributed by atoms with van der Waals surface area (Å²) in [6.07, 6.45) is 0.726. The predicted molar refractivity (Wildman–Crippen MR) is 135 cm³/mol. The van der Waals surface area contributed by atoms with Gasteiger partial charge in [0.25, 0.3) is 5.91 Å². The zero-order valence-electron chi connectivity index (χ0n) is 20.9. The summed E-state index contributed by atoms with van der Waals surface area (Å²) in [5, 5.41) is 7.75. The molecule has 0 unspecified atom stereocenters. The highest BCUT2D eigenvalue weighted by Crippen LogP contribution is 2.27. The zero-order valence-corrected chi connectivity index (χ0v) is 20.9. The maximum Gasteiger partial charge on any atom is 0.258 e. The van der Waals surface area contributed by atoms with E-state index in [1.165, 1.54) is 7.11 Å². The van der Waals surface area contributed by atoms with Crippen molar-refractivity contribution in [2.75, 3.05) is 25.5 Å². The lowest BCUT2D eigenvalue weighted by atomic mass is 9.92. The molecule has 0 aliphatic heterocycles. The Labute approximate surface area is 201 Å². The summed E-state index contributed by atoms with van der Waals surface area (Å²) in [6.45, 7) is 10.6. The number of methoxy groups -OCH3 is 1. The van der Waals surface area contributed by atoms with Gasteiger partial charge in [0.2, 0.25) is 5.91 Å². The first-order valence-corrected chi connectivity index (χ1v) is 11.5. The number of aromatic nitrogens is 2. The lowest BCUT2D eigenvalue weighted by Crippen LogP contribution is -2.39. The highest BCUT2D eigenvalue weighted by molar-refractivity contribution is 6.00. The van der Waals surface area contributed by atoms with Gasteiger partial charge in [-0.1, -0.05) is 52.0 Å². The fraction of sp³-hybridized carbons (Fsp3) is 0.370. The molecule has 0 bridgehead atoms. The van der Waals surface area contributed by atoms with Gasteiger partial charge in [0.1, 0.15) is 18.1 Å². The van der Waals surface area contributed by atoms with Crippen molar-refractivity contribution >= 4 is 17.6 Å². The minimum atomic E-state index is -0.286. The molecule has 1 heterocycles. The first kappa shape index (κ1) is 25.0. The topological polar surface area (TPSA) is 76.5 Å². The van der Waals surface area contributed by atoms with Crippen LogP contribution in [0.25, 0.3) is 5.69 Å². The second-order valence-electron chi connectivity index (χ2n) is 9.39. The minimum absolute atomic E-state index is 0.0748. The summed E-state index contributed by atoms with van der Waals surface area (Å²) < 4.78 is 7.09. The number of aryl methyl sites for hydroxylation is 1. The van der Waals surface area contributed by atoms with Crippen molar-refractivity contribution in [1.82, 2.24) is 14.7 Å². The molecule has 0 atom stereocenters. The Bertz CT molecular complexity index is 1160. The third-order valence-electron chi connectivity index (χ3n) is 5.44. The average Bonchev–Trinajstić information content (AvgIpc) is 3.22. The molecule has 3 rings (SSSR count). The minimum Gasteiger partial charge on any atom is -0.496 e. The Balaban J connectivity index is 1.87. The van der Waals surface area contributed by atoms with Crippen molar-refractivity contribution in [2.45, 2.75) is 46.5 Å². The van der Waals surface area contributed by atoms with Gasteiger partial charge in [-0.15, -0.1) is 0 Å². The summed E-state index contributed by atoms with van der Waals surface area (Å²) >= 11 is 0. The number of para-hydroxylation sites is 1. The van der Waals surface area contributed by atoms with Crippen LogP contribution in [0.3, 0.4) is 0 Å². The molecule has 1 N–H and O–H groups in total. The van der Waals surface area contributed by atoms with Crippen LogP contribution in [-0.2, 0) is 10.2 Å². The average molecular weight is 463 g/mol. The molecule has 2 amide bonds. The van der Waals surface area contributed by atoms with Gasteiger partial charge in [-0.3, -0.25) is 9.59 Å². The maximum atomic E-state index is 13.2. The molecule has 0 aliphatic rings. The Morgan fingerprint density at radius 1 is 1.09 bits per heavy atom. The van der Waals surface area contributed by atoms with Gasteiger partial charge in [-0.05, 0) is 43.2 Å². The summed E-state index contributed by atoms with van der Waals surface area (Å²) in [5.74, 6) is 0.533. The molecular formula is C27H34N4O3. The van der Waals surface area contributed by atoms with E-state index in [0.717, 1.165) is 23.4 Å². The van der Waals surface area contributed by atoms with Gasteiger partial charge in [0.05, 0.1) is 24.1 Å². The van der Waals surface area contributed by atoms with E-state index in [1.807, 2.05) is 50.2 Å². The molecule has 0 saturated heterocycles.